The van der Waals surface area contributed by atoms with Crippen molar-refractivity contribution in [3.63, 3.8) is 0 Å². The van der Waals surface area contributed by atoms with Gasteiger partial charge in [0.2, 0.25) is 5.95 Å². The highest BCUT2D eigenvalue weighted by Gasteiger charge is 2.18. The maximum absolute atomic E-state index is 13.4. The third kappa shape index (κ3) is 3.64. The number of methoxy groups -OCH3 is 1. The molecular formula is C21H19FN6O2. The van der Waals surface area contributed by atoms with Gasteiger partial charge in [-0.25, -0.2) is 4.39 Å². The summed E-state index contributed by atoms with van der Waals surface area (Å²) in [6.07, 6.45) is 1.81. The molecule has 0 aliphatic carbocycles. The van der Waals surface area contributed by atoms with Crippen LogP contribution in [0.4, 0.5) is 10.3 Å². The minimum absolute atomic E-state index is 0.127. The molecule has 0 saturated carbocycles. The number of pyridine rings is 1. The molecule has 0 fully saturated rings. The van der Waals surface area contributed by atoms with Crippen LogP contribution in [0.3, 0.4) is 0 Å². The second-order valence-electron chi connectivity index (χ2n) is 6.67. The summed E-state index contributed by atoms with van der Waals surface area (Å²) >= 11 is 0. The third-order valence-corrected chi connectivity index (χ3v) is 4.62. The van der Waals surface area contributed by atoms with E-state index in [0.717, 1.165) is 11.1 Å². The van der Waals surface area contributed by atoms with Crippen molar-refractivity contribution < 1.29 is 13.9 Å². The van der Waals surface area contributed by atoms with Gasteiger partial charge in [0, 0.05) is 12.7 Å². The van der Waals surface area contributed by atoms with Gasteiger partial charge in [0.25, 0.3) is 5.91 Å². The van der Waals surface area contributed by atoms with Crippen LogP contribution in [-0.2, 0) is 6.54 Å². The van der Waals surface area contributed by atoms with Crippen LogP contribution in [0.15, 0.2) is 48.7 Å². The molecule has 4 aromatic rings. The van der Waals surface area contributed by atoms with Crippen LogP contribution in [0, 0.1) is 12.7 Å². The van der Waals surface area contributed by atoms with E-state index in [9.17, 15) is 9.18 Å². The molecule has 1 amide bonds. The maximum atomic E-state index is 13.4. The van der Waals surface area contributed by atoms with Crippen LogP contribution in [0.1, 0.15) is 21.5 Å². The summed E-state index contributed by atoms with van der Waals surface area (Å²) in [5.41, 5.74) is 8.84. The lowest BCUT2D eigenvalue weighted by Crippen LogP contribution is -2.12. The molecule has 0 bridgehead atoms. The summed E-state index contributed by atoms with van der Waals surface area (Å²) in [4.78, 5) is 24.9. The number of hydrogen-bond acceptors (Lipinski definition) is 6. The Morgan fingerprint density at radius 2 is 2.03 bits per heavy atom. The van der Waals surface area contributed by atoms with E-state index in [2.05, 4.69) is 20.3 Å². The number of amides is 1. The molecular weight excluding hydrogens is 387 g/mol. The summed E-state index contributed by atoms with van der Waals surface area (Å²) in [6.45, 7) is 2.22. The van der Waals surface area contributed by atoms with Gasteiger partial charge in [-0.15, -0.1) is 0 Å². The molecule has 3 heterocycles. The van der Waals surface area contributed by atoms with Gasteiger partial charge in [-0.2, -0.15) is 15.0 Å². The number of nitrogens with zero attached hydrogens (tertiary/aromatic N) is 4. The Balaban J connectivity index is 1.76. The molecule has 3 N–H and O–H groups in total. The zero-order chi connectivity index (χ0) is 21.3. The highest BCUT2D eigenvalue weighted by Crippen LogP contribution is 2.28. The number of aromatic nitrogens is 4. The van der Waals surface area contributed by atoms with Crippen molar-refractivity contribution in [3.8, 4) is 17.5 Å². The quantitative estimate of drug-likeness (QED) is 0.510. The van der Waals surface area contributed by atoms with Crippen LogP contribution in [0.5, 0.6) is 6.01 Å². The van der Waals surface area contributed by atoms with Crippen LogP contribution >= 0.6 is 0 Å². The summed E-state index contributed by atoms with van der Waals surface area (Å²) in [5, 5.41) is 3.07. The zero-order valence-corrected chi connectivity index (χ0v) is 16.4. The molecule has 4 rings (SSSR count). The summed E-state index contributed by atoms with van der Waals surface area (Å²) in [6, 6.07) is 11.6. The maximum Gasteiger partial charge on any atom is 0.321 e. The summed E-state index contributed by atoms with van der Waals surface area (Å²) in [5.74, 6) is -0.191. The number of nitrogens with two attached hydrogens (primary N) is 1. The number of nitrogens with one attached hydrogen (secondary N) is 1. The normalized spacial score (nSPS) is 10.9. The number of hydrogen-bond donors (Lipinski definition) is 2. The Morgan fingerprint density at radius 3 is 2.77 bits per heavy atom. The molecule has 9 heteroatoms. The lowest BCUT2D eigenvalue weighted by atomic mass is 10.2. The first-order chi connectivity index (χ1) is 14.5. The van der Waals surface area contributed by atoms with Crippen molar-refractivity contribution in [2.45, 2.75) is 13.5 Å². The molecule has 0 unspecified atom stereocenters. The standard InChI is InChI=1S/C21H19FN6O2/c1-12-9-16-15(18(23)29)7-4-8-28(16)17(12)19-25-20(27-21(26-19)30-2)24-11-13-5-3-6-14(22)10-13/h3-10H,11H2,1-2H3,(H2,23,29)(H,24,25,26,27). The van der Waals surface area contributed by atoms with Gasteiger partial charge in [-0.3, -0.25) is 4.79 Å². The number of aryl methyl sites for hydroxylation is 1. The number of carbonyl (C=O) groups is 1. The lowest BCUT2D eigenvalue weighted by molar-refractivity contribution is 0.100. The lowest BCUT2D eigenvalue weighted by Gasteiger charge is -2.10. The second-order valence-corrected chi connectivity index (χ2v) is 6.67. The monoisotopic (exact) mass is 406 g/mol. The first-order valence-corrected chi connectivity index (χ1v) is 9.15. The molecule has 0 spiro atoms. The number of fused-ring (bicyclic) bond motifs is 1. The highest BCUT2D eigenvalue weighted by molar-refractivity contribution is 6.00. The molecule has 0 saturated heterocycles. The summed E-state index contributed by atoms with van der Waals surface area (Å²) in [7, 11) is 1.46. The molecule has 0 radical (unpaired) electrons. The van der Waals surface area contributed by atoms with E-state index < -0.39 is 5.91 Å². The van der Waals surface area contributed by atoms with E-state index in [1.165, 1.54) is 19.2 Å². The van der Waals surface area contributed by atoms with Crippen molar-refractivity contribution in [2.24, 2.45) is 5.73 Å². The largest absolute Gasteiger partial charge is 0.467 e. The van der Waals surface area contributed by atoms with Gasteiger partial charge in [-0.05, 0) is 48.4 Å². The van der Waals surface area contributed by atoms with Crippen LogP contribution in [0.25, 0.3) is 17.0 Å². The topological polar surface area (TPSA) is 107 Å². The Labute approximate surface area is 171 Å². The molecule has 30 heavy (non-hydrogen) atoms. The van der Waals surface area contributed by atoms with E-state index >= 15 is 0 Å². The van der Waals surface area contributed by atoms with Crippen molar-refractivity contribution >= 4 is 17.4 Å². The summed E-state index contributed by atoms with van der Waals surface area (Å²) < 4.78 is 20.5. The van der Waals surface area contributed by atoms with Gasteiger partial charge in [0.05, 0.1) is 23.9 Å². The molecule has 1 aromatic carbocycles. The minimum Gasteiger partial charge on any atom is -0.467 e. The predicted molar refractivity (Wildman–Crippen MR) is 110 cm³/mol. The number of ether oxygens (including phenoxy) is 1. The first-order valence-electron chi connectivity index (χ1n) is 9.15. The van der Waals surface area contributed by atoms with E-state index in [1.807, 2.05) is 13.0 Å². The fraction of sp³-hybridized carbons (Fsp3) is 0.143. The minimum atomic E-state index is -0.518. The van der Waals surface area contributed by atoms with Gasteiger partial charge < -0.3 is 20.2 Å². The molecule has 8 nitrogen and oxygen atoms in total. The van der Waals surface area contributed by atoms with Gasteiger partial charge >= 0.3 is 6.01 Å². The fourth-order valence-electron chi connectivity index (χ4n) is 3.28. The third-order valence-electron chi connectivity index (χ3n) is 4.62. The Kier molecular flexibility index (Phi) is 5.01. The van der Waals surface area contributed by atoms with Crippen LogP contribution in [-0.4, -0.2) is 32.4 Å². The molecule has 3 aromatic heterocycles. The van der Waals surface area contributed by atoms with E-state index in [4.69, 9.17) is 10.5 Å². The van der Waals surface area contributed by atoms with E-state index in [1.54, 1.807) is 34.9 Å². The average molecular weight is 406 g/mol. The Bertz CT molecular complexity index is 1250. The number of rotatable bonds is 6. The Hall–Kier alpha value is -4.01. The molecule has 0 aliphatic heterocycles. The molecule has 0 atom stereocenters. The molecule has 152 valence electrons. The number of anilines is 1. The van der Waals surface area contributed by atoms with Crippen molar-refractivity contribution in [3.05, 3.63) is 71.2 Å². The second kappa shape index (κ2) is 7.78. The average Bonchev–Trinajstić information content (AvgIpc) is 3.07. The van der Waals surface area contributed by atoms with Crippen molar-refractivity contribution in [2.75, 3.05) is 12.4 Å². The molecule has 0 aliphatic rings. The van der Waals surface area contributed by atoms with Crippen LogP contribution in [0.2, 0.25) is 0 Å². The number of halogens is 1. The predicted octanol–water partition coefficient (Wildman–Crippen LogP) is 2.96. The van der Waals surface area contributed by atoms with Gasteiger partial charge in [0.1, 0.15) is 5.82 Å². The van der Waals surface area contributed by atoms with E-state index in [-0.39, 0.29) is 17.8 Å². The smallest absolute Gasteiger partial charge is 0.321 e. The van der Waals surface area contributed by atoms with Gasteiger partial charge in [-0.1, -0.05) is 12.1 Å². The highest BCUT2D eigenvalue weighted by atomic mass is 19.1. The zero-order valence-electron chi connectivity index (χ0n) is 16.4. The van der Waals surface area contributed by atoms with E-state index in [0.29, 0.717) is 29.1 Å². The number of carbonyl (C=O) groups excluding carboxylic acids is 1. The van der Waals surface area contributed by atoms with Crippen molar-refractivity contribution in [1.29, 1.82) is 0 Å². The van der Waals surface area contributed by atoms with Gasteiger partial charge in [0.15, 0.2) is 5.82 Å². The first kappa shape index (κ1) is 19.3. The fourth-order valence-corrected chi connectivity index (χ4v) is 3.28. The number of primary amides is 1. The Morgan fingerprint density at radius 1 is 1.20 bits per heavy atom. The van der Waals surface area contributed by atoms with Crippen LogP contribution < -0.4 is 15.8 Å². The SMILES string of the molecule is COc1nc(NCc2cccc(F)c2)nc(-c2c(C)cc3c(C(N)=O)cccn23)n1. The number of benzene rings is 1. The van der Waals surface area contributed by atoms with Crippen molar-refractivity contribution in [1.82, 2.24) is 19.4 Å².